The van der Waals surface area contributed by atoms with Crippen molar-refractivity contribution in [1.29, 1.82) is 0 Å². The number of hydrogen-bond acceptors (Lipinski definition) is 3. The summed E-state index contributed by atoms with van der Waals surface area (Å²) in [6, 6.07) is 9.81. The van der Waals surface area contributed by atoms with Crippen molar-refractivity contribution in [3.63, 3.8) is 0 Å². The second kappa shape index (κ2) is 8.92. The summed E-state index contributed by atoms with van der Waals surface area (Å²) in [5.41, 5.74) is 2.62. The molecule has 2 rings (SSSR count). The van der Waals surface area contributed by atoms with E-state index >= 15 is 0 Å². The van der Waals surface area contributed by atoms with Crippen LogP contribution >= 0.6 is 0 Å². The Bertz CT molecular complexity index is 523. The van der Waals surface area contributed by atoms with E-state index < -0.39 is 0 Å². The highest BCUT2D eigenvalue weighted by atomic mass is 15.2. The molecule has 0 bridgehead atoms. The third-order valence-electron chi connectivity index (χ3n) is 4.79. The summed E-state index contributed by atoms with van der Waals surface area (Å²) in [4.78, 5) is 9.13. The molecule has 1 aliphatic rings. The Morgan fingerprint density at radius 1 is 1.33 bits per heavy atom. The SMILES string of the molecule is CN=C(NCCN(C)C(C)C)NC1CCN(c2ccc(C)cc2)C1. The van der Waals surface area contributed by atoms with Crippen LogP contribution in [0.25, 0.3) is 0 Å². The third kappa shape index (κ3) is 5.41. The fourth-order valence-electron chi connectivity index (χ4n) is 2.87. The van der Waals surface area contributed by atoms with E-state index in [0.717, 1.165) is 38.6 Å². The highest BCUT2D eigenvalue weighted by Gasteiger charge is 2.23. The van der Waals surface area contributed by atoms with Crippen molar-refractivity contribution in [1.82, 2.24) is 15.5 Å². The molecule has 1 atom stereocenters. The van der Waals surface area contributed by atoms with Gasteiger partial charge in [0, 0.05) is 51.0 Å². The molecular formula is C19H33N5. The van der Waals surface area contributed by atoms with Gasteiger partial charge in [-0.25, -0.2) is 0 Å². The van der Waals surface area contributed by atoms with Gasteiger partial charge in [0.1, 0.15) is 0 Å². The molecule has 0 saturated carbocycles. The number of rotatable bonds is 6. The Morgan fingerprint density at radius 2 is 2.04 bits per heavy atom. The number of aryl methyl sites for hydroxylation is 1. The monoisotopic (exact) mass is 331 g/mol. The topological polar surface area (TPSA) is 42.9 Å². The molecule has 24 heavy (non-hydrogen) atoms. The Kier molecular flexibility index (Phi) is 6.91. The minimum absolute atomic E-state index is 0.445. The zero-order valence-corrected chi connectivity index (χ0v) is 15.8. The molecule has 1 unspecified atom stereocenters. The van der Waals surface area contributed by atoms with Gasteiger partial charge in [0.2, 0.25) is 0 Å². The first kappa shape index (κ1) is 18.6. The van der Waals surface area contributed by atoms with Crippen LogP contribution in [0, 0.1) is 6.92 Å². The molecule has 1 heterocycles. The van der Waals surface area contributed by atoms with E-state index in [1.807, 2.05) is 7.05 Å². The van der Waals surface area contributed by atoms with Crippen molar-refractivity contribution < 1.29 is 0 Å². The van der Waals surface area contributed by atoms with Crippen molar-refractivity contribution in [3.05, 3.63) is 29.8 Å². The van der Waals surface area contributed by atoms with Crippen molar-refractivity contribution in [2.45, 2.75) is 39.3 Å². The highest BCUT2D eigenvalue weighted by molar-refractivity contribution is 5.80. The molecule has 0 amide bonds. The van der Waals surface area contributed by atoms with E-state index in [1.165, 1.54) is 11.3 Å². The maximum absolute atomic E-state index is 4.36. The molecule has 1 aromatic carbocycles. The van der Waals surface area contributed by atoms with Gasteiger partial charge in [-0.2, -0.15) is 0 Å². The van der Waals surface area contributed by atoms with E-state index in [1.54, 1.807) is 0 Å². The summed E-state index contributed by atoms with van der Waals surface area (Å²) >= 11 is 0. The molecule has 5 heteroatoms. The summed E-state index contributed by atoms with van der Waals surface area (Å²) in [6.45, 7) is 10.6. The molecule has 0 aromatic heterocycles. The quantitative estimate of drug-likeness (QED) is 0.619. The van der Waals surface area contributed by atoms with E-state index in [0.29, 0.717) is 12.1 Å². The van der Waals surface area contributed by atoms with Crippen molar-refractivity contribution in [2.24, 2.45) is 4.99 Å². The number of likely N-dealkylation sites (N-methyl/N-ethyl adjacent to an activating group) is 1. The number of guanidine groups is 1. The van der Waals surface area contributed by atoms with Gasteiger partial charge in [-0.15, -0.1) is 0 Å². The maximum Gasteiger partial charge on any atom is 0.191 e. The maximum atomic E-state index is 4.36. The summed E-state index contributed by atoms with van der Waals surface area (Å²) in [5, 5.41) is 6.98. The Labute approximate surface area is 147 Å². The highest BCUT2D eigenvalue weighted by Crippen LogP contribution is 2.20. The normalized spacial score (nSPS) is 18.5. The summed E-state index contributed by atoms with van der Waals surface area (Å²) in [6.07, 6.45) is 1.14. The first-order valence-corrected chi connectivity index (χ1v) is 8.98. The lowest BCUT2D eigenvalue weighted by molar-refractivity contribution is 0.278. The second-order valence-corrected chi connectivity index (χ2v) is 6.98. The average Bonchev–Trinajstić information content (AvgIpc) is 3.02. The molecule has 2 N–H and O–H groups in total. The van der Waals surface area contributed by atoms with E-state index in [-0.39, 0.29) is 0 Å². The molecule has 0 spiro atoms. The van der Waals surface area contributed by atoms with Crippen LogP contribution in [-0.2, 0) is 0 Å². The zero-order chi connectivity index (χ0) is 17.5. The largest absolute Gasteiger partial charge is 0.369 e. The Balaban J connectivity index is 1.77. The number of anilines is 1. The van der Waals surface area contributed by atoms with Gasteiger partial charge in [-0.3, -0.25) is 4.99 Å². The fourth-order valence-corrected chi connectivity index (χ4v) is 2.87. The van der Waals surface area contributed by atoms with Gasteiger partial charge >= 0.3 is 0 Å². The number of hydrogen-bond donors (Lipinski definition) is 2. The molecule has 134 valence electrons. The first-order valence-electron chi connectivity index (χ1n) is 8.98. The molecule has 1 fully saturated rings. The summed E-state index contributed by atoms with van der Waals surface area (Å²) < 4.78 is 0. The number of aliphatic imine (C=N–C) groups is 1. The Hall–Kier alpha value is -1.75. The Morgan fingerprint density at radius 3 is 2.67 bits per heavy atom. The van der Waals surface area contributed by atoms with Gasteiger partial charge < -0.3 is 20.4 Å². The van der Waals surface area contributed by atoms with Crippen LogP contribution in [0.1, 0.15) is 25.8 Å². The van der Waals surface area contributed by atoms with Crippen molar-refractivity contribution in [2.75, 3.05) is 45.2 Å². The minimum atomic E-state index is 0.445. The average molecular weight is 332 g/mol. The number of benzene rings is 1. The lowest BCUT2D eigenvalue weighted by Gasteiger charge is -2.23. The lowest BCUT2D eigenvalue weighted by Crippen LogP contribution is -2.46. The van der Waals surface area contributed by atoms with Crippen LogP contribution in [0.4, 0.5) is 5.69 Å². The molecule has 1 saturated heterocycles. The van der Waals surface area contributed by atoms with Crippen molar-refractivity contribution >= 4 is 11.6 Å². The van der Waals surface area contributed by atoms with E-state index in [9.17, 15) is 0 Å². The summed E-state index contributed by atoms with van der Waals surface area (Å²) in [5.74, 6) is 0.905. The molecule has 0 radical (unpaired) electrons. The van der Waals surface area contributed by atoms with Gasteiger partial charge in [0.05, 0.1) is 0 Å². The van der Waals surface area contributed by atoms with Crippen molar-refractivity contribution in [3.8, 4) is 0 Å². The molecule has 1 aromatic rings. The zero-order valence-electron chi connectivity index (χ0n) is 15.8. The van der Waals surface area contributed by atoms with Crippen LogP contribution in [0.5, 0.6) is 0 Å². The predicted molar refractivity (Wildman–Crippen MR) is 104 cm³/mol. The smallest absolute Gasteiger partial charge is 0.191 e. The van der Waals surface area contributed by atoms with E-state index in [4.69, 9.17) is 0 Å². The van der Waals surface area contributed by atoms with Crippen LogP contribution in [-0.4, -0.2) is 63.2 Å². The second-order valence-electron chi connectivity index (χ2n) is 6.98. The van der Waals surface area contributed by atoms with Crippen LogP contribution in [0.15, 0.2) is 29.3 Å². The van der Waals surface area contributed by atoms with Crippen LogP contribution in [0.3, 0.4) is 0 Å². The van der Waals surface area contributed by atoms with E-state index in [2.05, 4.69) is 77.5 Å². The first-order chi connectivity index (χ1) is 11.5. The van der Waals surface area contributed by atoms with Gasteiger partial charge in [-0.1, -0.05) is 17.7 Å². The standard InChI is InChI=1S/C19H33N5/c1-15(2)23(5)13-11-21-19(20-4)22-17-10-12-24(14-17)18-8-6-16(3)7-9-18/h6-9,15,17H,10-14H2,1-5H3,(H2,20,21,22). The predicted octanol–water partition coefficient (Wildman–Crippen LogP) is 2.08. The number of nitrogens with one attached hydrogen (secondary N) is 2. The molecule has 0 aliphatic carbocycles. The number of nitrogens with zero attached hydrogens (tertiary/aromatic N) is 3. The minimum Gasteiger partial charge on any atom is -0.369 e. The summed E-state index contributed by atoms with van der Waals surface area (Å²) in [7, 11) is 3.99. The van der Waals surface area contributed by atoms with Gasteiger partial charge in [0.25, 0.3) is 0 Å². The third-order valence-corrected chi connectivity index (χ3v) is 4.79. The van der Waals surface area contributed by atoms with Gasteiger partial charge in [-0.05, 0) is 46.4 Å². The van der Waals surface area contributed by atoms with Gasteiger partial charge in [0.15, 0.2) is 5.96 Å². The molecule has 1 aliphatic heterocycles. The molecule has 5 nitrogen and oxygen atoms in total. The van der Waals surface area contributed by atoms with Crippen LogP contribution < -0.4 is 15.5 Å². The lowest BCUT2D eigenvalue weighted by atomic mass is 10.2. The van der Waals surface area contributed by atoms with Crippen LogP contribution in [0.2, 0.25) is 0 Å². The molecular weight excluding hydrogens is 298 g/mol. The fraction of sp³-hybridized carbons (Fsp3) is 0.632.